The Morgan fingerprint density at radius 1 is 1.50 bits per heavy atom. The highest BCUT2D eigenvalue weighted by molar-refractivity contribution is 8.18. The smallest absolute Gasteiger partial charge is 0.266 e. The third-order valence-electron chi connectivity index (χ3n) is 1.08. The number of carbonyl (C=O) groups excluding carboxylic acids is 2. The Hall–Kier alpha value is -0.950. The molecule has 0 aromatic carbocycles. The zero-order valence-corrected chi connectivity index (χ0v) is 7.46. The molecule has 0 fully saturated rings. The van der Waals surface area contributed by atoms with Crippen molar-refractivity contribution in [2.75, 3.05) is 0 Å². The van der Waals surface area contributed by atoms with E-state index in [-0.39, 0.29) is 15.0 Å². The van der Waals surface area contributed by atoms with Crippen molar-refractivity contribution in [2.45, 2.75) is 0 Å². The number of hydrogen-bond acceptors (Lipinski definition) is 5. The number of carbonyl (C=O) groups is 2. The molecule has 5 nitrogen and oxygen atoms in total. The van der Waals surface area contributed by atoms with Crippen LogP contribution in [0.25, 0.3) is 0 Å². The minimum Gasteiger partial charge on any atom is -0.378 e. The fraction of sp³-hybridized carbons (Fsp3) is 0. The molecule has 2 amide bonds. The maximum atomic E-state index is 10.9. The Morgan fingerprint density at radius 3 is 2.42 bits per heavy atom. The molecule has 0 unspecified atom stereocenters. The molecule has 7 heteroatoms. The third kappa shape index (κ3) is 1.62. The van der Waals surface area contributed by atoms with Crippen molar-refractivity contribution in [1.82, 2.24) is 5.32 Å². The summed E-state index contributed by atoms with van der Waals surface area (Å²) in [5.74, 6) is -1.10. The van der Waals surface area contributed by atoms with Gasteiger partial charge >= 0.3 is 0 Å². The molecule has 1 aliphatic heterocycles. The summed E-state index contributed by atoms with van der Waals surface area (Å²) in [4.78, 5) is 21.8. The minimum atomic E-state index is -0.551. The lowest BCUT2D eigenvalue weighted by Crippen LogP contribution is -2.22. The molecule has 0 aromatic heterocycles. The lowest BCUT2D eigenvalue weighted by atomic mass is 10.5. The Kier molecular flexibility index (Phi) is 2.43. The van der Waals surface area contributed by atoms with Gasteiger partial charge in [0.2, 0.25) is 0 Å². The number of amides is 2. The first-order valence-electron chi connectivity index (χ1n) is 2.83. The molecule has 0 spiro atoms. The van der Waals surface area contributed by atoms with Gasteiger partial charge in [0, 0.05) is 0 Å². The Morgan fingerprint density at radius 2 is 2.08 bits per heavy atom. The Bertz CT molecular complexity index is 310. The van der Waals surface area contributed by atoms with Crippen LogP contribution in [-0.4, -0.2) is 17.0 Å². The first kappa shape index (κ1) is 9.14. The van der Waals surface area contributed by atoms with Gasteiger partial charge in [0.05, 0.1) is 9.81 Å². The average molecular weight is 203 g/mol. The molecule has 1 rings (SSSR count). The Labute approximate surface area is 77.7 Å². The van der Waals surface area contributed by atoms with Crippen molar-refractivity contribution in [2.24, 2.45) is 5.73 Å². The summed E-state index contributed by atoms with van der Waals surface area (Å²) >= 11 is 4.50. The van der Waals surface area contributed by atoms with Gasteiger partial charge in [-0.25, -0.2) is 0 Å². The minimum absolute atomic E-state index is 0.0141. The molecular weight excluding hydrogens is 198 g/mol. The molecular formula is C5H5N3O2S2. The van der Waals surface area contributed by atoms with E-state index in [0.717, 1.165) is 0 Å². The van der Waals surface area contributed by atoms with E-state index in [1.165, 1.54) is 0 Å². The second kappa shape index (κ2) is 3.20. The molecule has 1 aliphatic rings. The average Bonchev–Trinajstić information content (AvgIpc) is 2.16. The van der Waals surface area contributed by atoms with E-state index in [1.807, 2.05) is 5.32 Å². The van der Waals surface area contributed by atoms with E-state index in [4.69, 9.17) is 11.1 Å². The van der Waals surface area contributed by atoms with E-state index >= 15 is 0 Å². The van der Waals surface area contributed by atoms with E-state index in [2.05, 4.69) is 12.6 Å². The highest BCUT2D eigenvalue weighted by atomic mass is 32.2. The molecule has 0 radical (unpaired) electrons. The van der Waals surface area contributed by atoms with Crippen LogP contribution in [0.5, 0.6) is 0 Å². The first-order valence-corrected chi connectivity index (χ1v) is 4.09. The second-order valence-electron chi connectivity index (χ2n) is 1.93. The van der Waals surface area contributed by atoms with Crippen molar-refractivity contribution in [3.8, 4) is 0 Å². The van der Waals surface area contributed by atoms with Gasteiger partial charge in [-0.1, -0.05) is 0 Å². The predicted octanol–water partition coefficient (Wildman–Crippen LogP) is -0.589. The summed E-state index contributed by atoms with van der Waals surface area (Å²) in [6.07, 6.45) is 0. The number of amidine groups is 1. The third-order valence-corrected chi connectivity index (χ3v) is 2.47. The predicted molar refractivity (Wildman–Crippen MR) is 48.7 cm³/mol. The fourth-order valence-corrected chi connectivity index (χ4v) is 1.48. The van der Waals surface area contributed by atoms with Crippen LogP contribution in [0.3, 0.4) is 0 Å². The van der Waals surface area contributed by atoms with Crippen LogP contribution >= 0.6 is 24.4 Å². The SMILES string of the molecule is N=C(N)SC1=C(S)C(=O)NC1=O. The molecule has 0 aromatic rings. The van der Waals surface area contributed by atoms with Gasteiger partial charge in [-0.15, -0.1) is 12.6 Å². The number of hydrogen-bond donors (Lipinski definition) is 4. The van der Waals surface area contributed by atoms with Crippen LogP contribution in [0.1, 0.15) is 0 Å². The zero-order valence-electron chi connectivity index (χ0n) is 5.75. The largest absolute Gasteiger partial charge is 0.378 e. The normalized spacial score (nSPS) is 16.8. The van der Waals surface area contributed by atoms with E-state index < -0.39 is 11.8 Å². The molecule has 4 N–H and O–H groups in total. The summed E-state index contributed by atoms with van der Waals surface area (Å²) < 4.78 is 0. The van der Waals surface area contributed by atoms with Crippen molar-refractivity contribution in [3.05, 3.63) is 9.81 Å². The van der Waals surface area contributed by atoms with Gasteiger partial charge in [0.25, 0.3) is 11.8 Å². The fourth-order valence-electron chi connectivity index (χ4n) is 0.634. The number of thiol groups is 1. The van der Waals surface area contributed by atoms with Crippen LogP contribution in [0.15, 0.2) is 9.81 Å². The molecule has 12 heavy (non-hydrogen) atoms. The molecule has 0 saturated carbocycles. The number of imide groups is 1. The Balaban J connectivity index is 2.93. The summed E-state index contributed by atoms with van der Waals surface area (Å²) in [5, 5.41) is 8.66. The van der Waals surface area contributed by atoms with Crippen LogP contribution in [0, 0.1) is 5.41 Å². The number of nitrogens with two attached hydrogens (primary N) is 1. The van der Waals surface area contributed by atoms with Gasteiger partial charge in [-0.05, 0) is 11.8 Å². The van der Waals surface area contributed by atoms with Crippen molar-refractivity contribution in [3.63, 3.8) is 0 Å². The van der Waals surface area contributed by atoms with Gasteiger partial charge in [-0.3, -0.25) is 20.3 Å². The number of rotatable bonds is 1. The van der Waals surface area contributed by atoms with Gasteiger partial charge in [-0.2, -0.15) is 0 Å². The summed E-state index contributed by atoms with van der Waals surface area (Å²) in [5.41, 5.74) is 5.03. The molecule has 64 valence electrons. The van der Waals surface area contributed by atoms with E-state index in [9.17, 15) is 9.59 Å². The monoisotopic (exact) mass is 203 g/mol. The highest BCUT2D eigenvalue weighted by Gasteiger charge is 2.28. The van der Waals surface area contributed by atoms with Gasteiger partial charge in [0.15, 0.2) is 5.17 Å². The molecule has 0 atom stereocenters. The molecule has 0 saturated heterocycles. The van der Waals surface area contributed by atoms with Gasteiger partial charge < -0.3 is 5.73 Å². The number of nitrogens with one attached hydrogen (secondary N) is 2. The number of thioether (sulfide) groups is 1. The second-order valence-corrected chi connectivity index (χ2v) is 3.43. The first-order chi connectivity index (χ1) is 5.52. The zero-order chi connectivity index (χ0) is 9.30. The maximum absolute atomic E-state index is 10.9. The van der Waals surface area contributed by atoms with Crippen molar-refractivity contribution < 1.29 is 9.59 Å². The molecule has 1 heterocycles. The van der Waals surface area contributed by atoms with E-state index in [0.29, 0.717) is 11.8 Å². The summed E-state index contributed by atoms with van der Waals surface area (Å²) in [7, 11) is 0. The summed E-state index contributed by atoms with van der Waals surface area (Å²) in [6, 6.07) is 0. The summed E-state index contributed by atoms with van der Waals surface area (Å²) in [6.45, 7) is 0. The van der Waals surface area contributed by atoms with Crippen molar-refractivity contribution >= 4 is 41.4 Å². The molecule has 0 bridgehead atoms. The maximum Gasteiger partial charge on any atom is 0.266 e. The highest BCUT2D eigenvalue weighted by Crippen LogP contribution is 2.26. The lowest BCUT2D eigenvalue weighted by Gasteiger charge is -1.95. The van der Waals surface area contributed by atoms with Crippen LogP contribution in [0.2, 0.25) is 0 Å². The van der Waals surface area contributed by atoms with Crippen LogP contribution in [0.4, 0.5) is 0 Å². The lowest BCUT2D eigenvalue weighted by molar-refractivity contribution is -0.123. The standard InChI is InChI=1S/C5H5N3O2S2/c6-5(7)12-2-1(11)3(9)8-4(2)10/h(H3,6,7)(H2,8,9,10,11). The quantitative estimate of drug-likeness (QED) is 0.198. The van der Waals surface area contributed by atoms with E-state index in [1.54, 1.807) is 0 Å². The topological polar surface area (TPSA) is 96.0 Å². The van der Waals surface area contributed by atoms with Gasteiger partial charge in [0.1, 0.15) is 0 Å². The molecule has 0 aliphatic carbocycles. The van der Waals surface area contributed by atoms with Crippen LogP contribution in [-0.2, 0) is 9.59 Å². The van der Waals surface area contributed by atoms with Crippen LogP contribution < -0.4 is 11.1 Å². The van der Waals surface area contributed by atoms with Crippen molar-refractivity contribution in [1.29, 1.82) is 5.41 Å².